The van der Waals surface area contributed by atoms with Gasteiger partial charge in [0.05, 0.1) is 11.0 Å². The van der Waals surface area contributed by atoms with Crippen LogP contribution in [0.2, 0.25) is 0 Å². The third-order valence-corrected chi connectivity index (χ3v) is 9.40. The maximum absolute atomic E-state index is 6.34. The summed E-state index contributed by atoms with van der Waals surface area (Å²) >= 11 is 0. The molecule has 0 radical (unpaired) electrons. The first-order valence-corrected chi connectivity index (χ1v) is 11.6. The fourth-order valence-corrected chi connectivity index (χ4v) is 7.76. The number of benzene rings is 1. The van der Waals surface area contributed by atoms with Crippen LogP contribution in [-0.4, -0.2) is 15.6 Å². The summed E-state index contributed by atoms with van der Waals surface area (Å²) in [5.41, 5.74) is 12.5. The van der Waals surface area contributed by atoms with Crippen molar-refractivity contribution in [3.8, 4) is 0 Å². The summed E-state index contributed by atoms with van der Waals surface area (Å²) < 4.78 is 2.39. The number of hydrogen-bond donors (Lipinski definition) is 1. The largest absolute Gasteiger partial charge is 0.327 e. The number of aromatic nitrogens is 2. The second-order valence-electron chi connectivity index (χ2n) is 10.6. The summed E-state index contributed by atoms with van der Waals surface area (Å²) in [6, 6.07) is 8.94. The molecule has 3 unspecified atom stereocenters. The number of imidazole rings is 1. The van der Waals surface area contributed by atoms with Gasteiger partial charge in [-0.05, 0) is 80.2 Å². The van der Waals surface area contributed by atoms with Crippen LogP contribution >= 0.6 is 0 Å². The molecular weight excluding hydrogens is 354 g/mol. The number of para-hydroxylation sites is 2. The van der Waals surface area contributed by atoms with Gasteiger partial charge in [-0.15, -0.1) is 0 Å². The molecule has 4 aliphatic rings. The van der Waals surface area contributed by atoms with E-state index in [9.17, 15) is 0 Å². The first kappa shape index (κ1) is 17.9. The molecule has 2 N–H and O–H groups in total. The lowest BCUT2D eigenvalue weighted by molar-refractivity contribution is -0.0126. The van der Waals surface area contributed by atoms with Gasteiger partial charge in [-0.1, -0.05) is 43.7 Å². The normalized spacial score (nSPS) is 41.3. The highest BCUT2D eigenvalue weighted by Crippen LogP contribution is 2.65. The van der Waals surface area contributed by atoms with Gasteiger partial charge in [0.15, 0.2) is 0 Å². The molecule has 3 heteroatoms. The standard InChI is InChI=1S/C26H33N3/c1-25-13-11-18(27)15-17(25)7-8-19-20-9-10-24(26(20,2)14-12-21(19)25)29-16-28-22-5-3-4-6-23(22)29/h3-7,10,16,18-21H,8-9,11-15,27H2,1-2H3/t18-,19?,20?,21?,25-,26-/m0/s1. The van der Waals surface area contributed by atoms with Crippen molar-refractivity contribution in [2.45, 2.75) is 64.8 Å². The van der Waals surface area contributed by atoms with E-state index in [1.165, 1.54) is 49.7 Å². The Morgan fingerprint density at radius 1 is 1.00 bits per heavy atom. The molecule has 0 amide bonds. The Hall–Kier alpha value is -1.87. The highest BCUT2D eigenvalue weighted by atomic mass is 15.1. The van der Waals surface area contributed by atoms with Crippen molar-refractivity contribution in [2.75, 3.05) is 0 Å². The van der Waals surface area contributed by atoms with Crippen molar-refractivity contribution in [3.05, 3.63) is 48.3 Å². The lowest BCUT2D eigenvalue weighted by Gasteiger charge is -2.57. The van der Waals surface area contributed by atoms with Crippen molar-refractivity contribution in [1.82, 2.24) is 9.55 Å². The van der Waals surface area contributed by atoms with Crippen molar-refractivity contribution in [1.29, 1.82) is 0 Å². The van der Waals surface area contributed by atoms with E-state index in [1.54, 1.807) is 5.57 Å². The van der Waals surface area contributed by atoms with Crippen LogP contribution in [0.1, 0.15) is 58.8 Å². The molecule has 0 spiro atoms. The molecule has 1 aromatic heterocycles. The van der Waals surface area contributed by atoms with E-state index in [1.807, 2.05) is 0 Å². The summed E-state index contributed by atoms with van der Waals surface area (Å²) in [4.78, 5) is 4.69. The molecule has 4 aliphatic carbocycles. The lowest BCUT2D eigenvalue weighted by Crippen LogP contribution is -2.50. The number of hydrogen-bond acceptors (Lipinski definition) is 2. The van der Waals surface area contributed by atoms with Crippen LogP contribution in [0.4, 0.5) is 0 Å². The van der Waals surface area contributed by atoms with Crippen molar-refractivity contribution >= 4 is 16.7 Å². The fourth-order valence-electron chi connectivity index (χ4n) is 7.76. The average Bonchev–Trinajstić information content (AvgIpc) is 3.29. The van der Waals surface area contributed by atoms with Gasteiger partial charge < -0.3 is 10.3 Å². The number of nitrogens with zero attached hydrogens (tertiary/aromatic N) is 2. The first-order valence-electron chi connectivity index (χ1n) is 11.6. The summed E-state index contributed by atoms with van der Waals surface area (Å²) in [7, 11) is 0. The minimum absolute atomic E-state index is 0.261. The summed E-state index contributed by atoms with van der Waals surface area (Å²) in [5.74, 6) is 2.39. The van der Waals surface area contributed by atoms with Crippen LogP contribution in [0.25, 0.3) is 16.7 Å². The van der Waals surface area contributed by atoms with Gasteiger partial charge in [0.1, 0.15) is 6.33 Å². The predicted molar refractivity (Wildman–Crippen MR) is 119 cm³/mol. The Morgan fingerprint density at radius 2 is 1.83 bits per heavy atom. The summed E-state index contributed by atoms with van der Waals surface area (Å²) in [6.45, 7) is 5.11. The van der Waals surface area contributed by atoms with E-state index in [4.69, 9.17) is 5.73 Å². The fraction of sp³-hybridized carbons (Fsp3) is 0.577. The zero-order valence-electron chi connectivity index (χ0n) is 17.8. The molecule has 6 atom stereocenters. The van der Waals surface area contributed by atoms with Gasteiger partial charge in [0.2, 0.25) is 0 Å². The van der Waals surface area contributed by atoms with Crippen LogP contribution in [-0.2, 0) is 0 Å². The van der Waals surface area contributed by atoms with E-state index >= 15 is 0 Å². The van der Waals surface area contributed by atoms with Crippen LogP contribution in [0.15, 0.2) is 48.3 Å². The Morgan fingerprint density at radius 3 is 2.72 bits per heavy atom. The minimum atomic E-state index is 0.261. The molecule has 6 rings (SSSR count). The van der Waals surface area contributed by atoms with Crippen LogP contribution < -0.4 is 5.73 Å². The second kappa shape index (κ2) is 6.07. The van der Waals surface area contributed by atoms with Gasteiger partial charge in [-0.25, -0.2) is 4.98 Å². The molecule has 1 aromatic carbocycles. The molecule has 1 heterocycles. The number of allylic oxidation sites excluding steroid dienone is 3. The Labute approximate surface area is 174 Å². The van der Waals surface area contributed by atoms with E-state index in [0.29, 0.717) is 11.5 Å². The third-order valence-electron chi connectivity index (χ3n) is 9.40. The van der Waals surface area contributed by atoms with Crippen LogP contribution in [0.3, 0.4) is 0 Å². The molecule has 29 heavy (non-hydrogen) atoms. The van der Waals surface area contributed by atoms with Gasteiger partial charge in [0.25, 0.3) is 0 Å². The third kappa shape index (κ3) is 2.37. The van der Waals surface area contributed by atoms with Gasteiger partial charge in [0, 0.05) is 17.2 Å². The minimum Gasteiger partial charge on any atom is -0.327 e. The molecule has 2 fully saturated rings. The van der Waals surface area contributed by atoms with Gasteiger partial charge in [-0.2, -0.15) is 0 Å². The highest BCUT2D eigenvalue weighted by molar-refractivity contribution is 5.80. The maximum Gasteiger partial charge on any atom is 0.100 e. The Kier molecular flexibility index (Phi) is 3.76. The zero-order chi connectivity index (χ0) is 19.8. The van der Waals surface area contributed by atoms with E-state index in [2.05, 4.69) is 66.1 Å². The Bertz CT molecular complexity index is 1030. The van der Waals surface area contributed by atoms with Crippen molar-refractivity contribution in [2.24, 2.45) is 34.3 Å². The molecule has 0 aliphatic heterocycles. The quantitative estimate of drug-likeness (QED) is 0.631. The molecule has 152 valence electrons. The number of rotatable bonds is 1. The van der Waals surface area contributed by atoms with Crippen molar-refractivity contribution < 1.29 is 0 Å². The SMILES string of the molecule is C[C@]12CC[C@H](N)CC1=CCC1C2CC[C@]2(C)C(n3cnc4ccccc43)=CCC12. The molecule has 3 nitrogen and oxygen atoms in total. The van der Waals surface area contributed by atoms with Crippen LogP contribution in [0, 0.1) is 28.6 Å². The van der Waals surface area contributed by atoms with E-state index in [0.717, 1.165) is 29.7 Å². The second-order valence-corrected chi connectivity index (χ2v) is 10.6. The summed E-state index contributed by atoms with van der Waals surface area (Å²) in [5, 5.41) is 0. The van der Waals surface area contributed by atoms with Crippen LogP contribution in [0.5, 0.6) is 0 Å². The topological polar surface area (TPSA) is 43.8 Å². The average molecular weight is 388 g/mol. The smallest absolute Gasteiger partial charge is 0.100 e. The molecular formula is C26H33N3. The highest BCUT2D eigenvalue weighted by Gasteiger charge is 2.57. The zero-order valence-corrected chi connectivity index (χ0v) is 17.8. The predicted octanol–water partition coefficient (Wildman–Crippen LogP) is 5.78. The summed E-state index contributed by atoms with van der Waals surface area (Å²) in [6.07, 6.45) is 15.9. The molecule has 2 saturated carbocycles. The first-order chi connectivity index (χ1) is 14.0. The van der Waals surface area contributed by atoms with Crippen molar-refractivity contribution in [3.63, 3.8) is 0 Å². The number of fused-ring (bicyclic) bond motifs is 6. The Balaban J connectivity index is 1.36. The number of nitrogens with two attached hydrogens (primary N) is 1. The molecule has 0 saturated heterocycles. The lowest BCUT2D eigenvalue weighted by atomic mass is 9.47. The van der Waals surface area contributed by atoms with E-state index in [-0.39, 0.29) is 5.41 Å². The van der Waals surface area contributed by atoms with Gasteiger partial charge >= 0.3 is 0 Å². The van der Waals surface area contributed by atoms with E-state index < -0.39 is 0 Å². The molecule has 0 bridgehead atoms. The van der Waals surface area contributed by atoms with Gasteiger partial charge in [-0.3, -0.25) is 0 Å². The maximum atomic E-state index is 6.34. The monoisotopic (exact) mass is 387 g/mol. The molecule has 2 aromatic rings.